The first-order valence-electron chi connectivity index (χ1n) is 7.67. The lowest BCUT2D eigenvalue weighted by molar-refractivity contribution is -0.127. The fourth-order valence-corrected chi connectivity index (χ4v) is 3.54. The van der Waals surface area contributed by atoms with Crippen molar-refractivity contribution in [2.24, 2.45) is 0 Å². The van der Waals surface area contributed by atoms with Crippen LogP contribution in [0.1, 0.15) is 11.1 Å². The van der Waals surface area contributed by atoms with E-state index in [2.05, 4.69) is 37.7 Å². The molecule has 2 heterocycles. The summed E-state index contributed by atoms with van der Waals surface area (Å²) in [7, 11) is 0. The summed E-state index contributed by atoms with van der Waals surface area (Å²) in [5.41, 5.74) is 2.41. The molecular formula is C18H19BrN2OS. The molecule has 0 unspecified atom stereocenters. The molecule has 0 spiro atoms. The second-order valence-electron chi connectivity index (χ2n) is 5.62. The third-order valence-corrected chi connectivity index (χ3v) is 5.22. The molecule has 1 amide bonds. The second kappa shape index (κ2) is 7.90. The van der Waals surface area contributed by atoms with Gasteiger partial charge in [-0.2, -0.15) is 11.3 Å². The van der Waals surface area contributed by atoms with Crippen molar-refractivity contribution in [2.75, 3.05) is 26.2 Å². The Morgan fingerprint density at radius 3 is 2.52 bits per heavy atom. The maximum Gasteiger partial charge on any atom is 0.246 e. The molecule has 0 atom stereocenters. The fourth-order valence-electron chi connectivity index (χ4n) is 2.61. The molecule has 0 radical (unpaired) electrons. The first-order valence-corrected chi connectivity index (χ1v) is 9.40. The molecular weight excluding hydrogens is 372 g/mol. The number of thiophene rings is 1. The molecule has 5 heteroatoms. The van der Waals surface area contributed by atoms with Crippen LogP contribution in [0.4, 0.5) is 0 Å². The zero-order chi connectivity index (χ0) is 16.1. The van der Waals surface area contributed by atoms with E-state index in [9.17, 15) is 4.79 Å². The molecule has 1 aliphatic rings. The number of amides is 1. The normalized spacial score (nSPS) is 16.1. The SMILES string of the molecule is O=C(/C=C/c1ccc(Br)cc1)N1CCN(Cc2ccsc2)CC1. The molecule has 0 bridgehead atoms. The molecule has 3 nitrogen and oxygen atoms in total. The van der Waals surface area contributed by atoms with Gasteiger partial charge in [0.2, 0.25) is 5.91 Å². The van der Waals surface area contributed by atoms with Crippen molar-refractivity contribution in [1.82, 2.24) is 9.80 Å². The van der Waals surface area contributed by atoms with E-state index in [1.165, 1.54) is 5.56 Å². The van der Waals surface area contributed by atoms with Gasteiger partial charge in [-0.3, -0.25) is 9.69 Å². The lowest BCUT2D eigenvalue weighted by Crippen LogP contribution is -2.47. The molecule has 0 N–H and O–H groups in total. The average Bonchev–Trinajstić information content (AvgIpc) is 3.08. The highest BCUT2D eigenvalue weighted by atomic mass is 79.9. The molecule has 1 aromatic carbocycles. The molecule has 23 heavy (non-hydrogen) atoms. The van der Waals surface area contributed by atoms with E-state index in [1.54, 1.807) is 17.4 Å². The van der Waals surface area contributed by atoms with Gasteiger partial charge in [0, 0.05) is 43.3 Å². The number of carbonyl (C=O) groups excluding carboxylic acids is 1. The number of nitrogens with zero attached hydrogens (tertiary/aromatic N) is 2. The highest BCUT2D eigenvalue weighted by Crippen LogP contribution is 2.13. The summed E-state index contributed by atoms with van der Waals surface area (Å²) < 4.78 is 1.04. The number of halogens is 1. The van der Waals surface area contributed by atoms with Crippen LogP contribution >= 0.6 is 27.3 Å². The maximum absolute atomic E-state index is 12.3. The standard InChI is InChI=1S/C18H19BrN2OS/c19-17-4-1-15(2-5-17)3-6-18(22)21-10-8-20(9-11-21)13-16-7-12-23-14-16/h1-7,12,14H,8-11,13H2/b6-3+. The predicted molar refractivity (Wildman–Crippen MR) is 99.4 cm³/mol. The predicted octanol–water partition coefficient (Wildman–Crippen LogP) is 3.87. The van der Waals surface area contributed by atoms with E-state index in [0.717, 1.165) is 42.8 Å². The van der Waals surface area contributed by atoms with Crippen molar-refractivity contribution >= 4 is 39.2 Å². The maximum atomic E-state index is 12.3. The van der Waals surface area contributed by atoms with Gasteiger partial charge in [0.25, 0.3) is 0 Å². The third kappa shape index (κ3) is 4.77. The molecule has 2 aromatic rings. The summed E-state index contributed by atoms with van der Waals surface area (Å²) >= 11 is 5.15. The Kier molecular flexibility index (Phi) is 5.65. The van der Waals surface area contributed by atoms with Crippen LogP contribution in [0.15, 0.2) is 51.6 Å². The van der Waals surface area contributed by atoms with Crippen LogP contribution in [0.2, 0.25) is 0 Å². The summed E-state index contributed by atoms with van der Waals surface area (Å²) in [5.74, 6) is 0.100. The van der Waals surface area contributed by atoms with E-state index in [1.807, 2.05) is 35.2 Å². The van der Waals surface area contributed by atoms with Gasteiger partial charge in [-0.15, -0.1) is 0 Å². The Hall–Kier alpha value is -1.43. The molecule has 1 aromatic heterocycles. The zero-order valence-electron chi connectivity index (χ0n) is 12.8. The van der Waals surface area contributed by atoms with Crippen LogP contribution < -0.4 is 0 Å². The molecule has 0 aliphatic carbocycles. The van der Waals surface area contributed by atoms with Gasteiger partial charge >= 0.3 is 0 Å². The Morgan fingerprint density at radius 1 is 1.13 bits per heavy atom. The second-order valence-corrected chi connectivity index (χ2v) is 7.31. The Bertz CT molecular complexity index is 659. The monoisotopic (exact) mass is 390 g/mol. The van der Waals surface area contributed by atoms with Crippen molar-refractivity contribution in [3.8, 4) is 0 Å². The number of hydrogen-bond donors (Lipinski definition) is 0. The zero-order valence-corrected chi connectivity index (χ0v) is 15.2. The van der Waals surface area contributed by atoms with Gasteiger partial charge in [-0.25, -0.2) is 0 Å². The van der Waals surface area contributed by atoms with Crippen LogP contribution in [-0.4, -0.2) is 41.9 Å². The quantitative estimate of drug-likeness (QED) is 0.739. The lowest BCUT2D eigenvalue weighted by atomic mass is 10.2. The summed E-state index contributed by atoms with van der Waals surface area (Å²) in [4.78, 5) is 16.6. The number of hydrogen-bond acceptors (Lipinski definition) is 3. The van der Waals surface area contributed by atoms with Gasteiger partial charge in [-0.05, 0) is 46.2 Å². The summed E-state index contributed by atoms with van der Waals surface area (Å²) in [6.45, 7) is 4.46. The van der Waals surface area contributed by atoms with Gasteiger partial charge < -0.3 is 4.90 Å². The first-order chi connectivity index (χ1) is 11.2. The van der Waals surface area contributed by atoms with Crippen molar-refractivity contribution in [1.29, 1.82) is 0 Å². The summed E-state index contributed by atoms with van der Waals surface area (Å²) in [6, 6.07) is 10.1. The van der Waals surface area contributed by atoms with Crippen LogP contribution in [0.25, 0.3) is 6.08 Å². The average molecular weight is 391 g/mol. The number of benzene rings is 1. The first kappa shape index (κ1) is 16.4. The minimum atomic E-state index is 0.100. The van der Waals surface area contributed by atoms with Crippen molar-refractivity contribution in [3.63, 3.8) is 0 Å². The van der Waals surface area contributed by atoms with Crippen LogP contribution in [0.5, 0.6) is 0 Å². The van der Waals surface area contributed by atoms with Crippen LogP contribution in [-0.2, 0) is 11.3 Å². The summed E-state index contributed by atoms with van der Waals surface area (Å²) in [5, 5.41) is 4.31. The topological polar surface area (TPSA) is 23.6 Å². The molecule has 3 rings (SSSR count). The van der Waals surface area contributed by atoms with Gasteiger partial charge in [0.05, 0.1) is 0 Å². The highest BCUT2D eigenvalue weighted by Gasteiger charge is 2.19. The molecule has 1 fully saturated rings. The van der Waals surface area contributed by atoms with E-state index in [4.69, 9.17) is 0 Å². The Morgan fingerprint density at radius 2 is 1.87 bits per heavy atom. The van der Waals surface area contributed by atoms with Crippen LogP contribution in [0.3, 0.4) is 0 Å². The number of rotatable bonds is 4. The van der Waals surface area contributed by atoms with Crippen molar-refractivity contribution in [2.45, 2.75) is 6.54 Å². The van der Waals surface area contributed by atoms with Crippen molar-refractivity contribution < 1.29 is 4.79 Å². The van der Waals surface area contributed by atoms with Gasteiger partial charge in [0.1, 0.15) is 0 Å². The molecule has 120 valence electrons. The Balaban J connectivity index is 1.49. The number of piperazine rings is 1. The minimum absolute atomic E-state index is 0.100. The van der Waals surface area contributed by atoms with E-state index >= 15 is 0 Å². The largest absolute Gasteiger partial charge is 0.337 e. The van der Waals surface area contributed by atoms with Gasteiger partial charge in [0.15, 0.2) is 0 Å². The van der Waals surface area contributed by atoms with Gasteiger partial charge in [-0.1, -0.05) is 28.1 Å². The van der Waals surface area contributed by atoms with E-state index in [0.29, 0.717) is 0 Å². The molecule has 0 saturated carbocycles. The molecule has 1 aliphatic heterocycles. The lowest BCUT2D eigenvalue weighted by Gasteiger charge is -2.34. The van der Waals surface area contributed by atoms with Crippen molar-refractivity contribution in [3.05, 3.63) is 62.8 Å². The highest BCUT2D eigenvalue weighted by molar-refractivity contribution is 9.10. The van der Waals surface area contributed by atoms with E-state index in [-0.39, 0.29) is 5.91 Å². The Labute approximate surface area is 149 Å². The number of carbonyl (C=O) groups is 1. The fraction of sp³-hybridized carbons (Fsp3) is 0.278. The molecule has 1 saturated heterocycles. The third-order valence-electron chi connectivity index (χ3n) is 3.96. The minimum Gasteiger partial charge on any atom is -0.337 e. The van der Waals surface area contributed by atoms with Crippen LogP contribution in [0, 0.1) is 0 Å². The summed E-state index contributed by atoms with van der Waals surface area (Å²) in [6.07, 6.45) is 3.56. The smallest absolute Gasteiger partial charge is 0.246 e. The van der Waals surface area contributed by atoms with E-state index < -0.39 is 0 Å².